The maximum atomic E-state index is 12.3. The average Bonchev–Trinajstić information content (AvgIpc) is 2.89. The molecule has 6 nitrogen and oxygen atoms in total. The standard InChI is InChI=1S/C15H15N5OS/c1-3-22-13-6-10(4-5-16-13)15(21)18-11-7-12-9(2)19-20-14(12)17-8-11/h4-8H,3H2,1-2H3,(H,18,21)(H,17,19,20). The molecule has 0 unspecified atom stereocenters. The lowest BCUT2D eigenvalue weighted by Crippen LogP contribution is -2.12. The number of nitrogens with zero attached hydrogens (tertiary/aromatic N) is 3. The van der Waals surface area contributed by atoms with E-state index in [-0.39, 0.29) is 5.91 Å². The van der Waals surface area contributed by atoms with Gasteiger partial charge in [-0.1, -0.05) is 6.92 Å². The maximum absolute atomic E-state index is 12.3. The van der Waals surface area contributed by atoms with Crippen LogP contribution in [-0.2, 0) is 0 Å². The minimum absolute atomic E-state index is 0.178. The van der Waals surface area contributed by atoms with E-state index in [2.05, 4.69) is 25.5 Å². The first kappa shape index (κ1) is 14.5. The lowest BCUT2D eigenvalue weighted by molar-refractivity contribution is 0.102. The fourth-order valence-corrected chi connectivity index (χ4v) is 2.71. The molecule has 0 aliphatic heterocycles. The first-order valence-corrected chi connectivity index (χ1v) is 7.87. The van der Waals surface area contributed by atoms with Crippen molar-refractivity contribution in [2.45, 2.75) is 18.9 Å². The first-order valence-electron chi connectivity index (χ1n) is 6.88. The summed E-state index contributed by atoms with van der Waals surface area (Å²) in [7, 11) is 0. The molecule has 3 heterocycles. The minimum Gasteiger partial charge on any atom is -0.321 e. The van der Waals surface area contributed by atoms with Gasteiger partial charge in [0, 0.05) is 22.8 Å². The summed E-state index contributed by atoms with van der Waals surface area (Å²) in [6.07, 6.45) is 3.25. The summed E-state index contributed by atoms with van der Waals surface area (Å²) in [4.78, 5) is 20.8. The van der Waals surface area contributed by atoms with Crippen LogP contribution in [0.4, 0.5) is 5.69 Å². The lowest BCUT2D eigenvalue weighted by atomic mass is 10.2. The second kappa shape index (κ2) is 6.15. The van der Waals surface area contributed by atoms with E-state index in [4.69, 9.17) is 0 Å². The molecule has 3 aromatic rings. The van der Waals surface area contributed by atoms with Crippen LogP contribution in [0.15, 0.2) is 35.6 Å². The summed E-state index contributed by atoms with van der Waals surface area (Å²) in [6.45, 7) is 3.97. The Morgan fingerprint density at radius 2 is 2.23 bits per heavy atom. The quantitative estimate of drug-likeness (QED) is 0.723. The summed E-state index contributed by atoms with van der Waals surface area (Å²) in [5.74, 6) is 0.737. The molecule has 2 N–H and O–H groups in total. The summed E-state index contributed by atoms with van der Waals surface area (Å²) in [5, 5.41) is 11.5. The summed E-state index contributed by atoms with van der Waals surface area (Å²) < 4.78 is 0. The highest BCUT2D eigenvalue weighted by molar-refractivity contribution is 7.99. The van der Waals surface area contributed by atoms with Crippen molar-refractivity contribution in [3.8, 4) is 0 Å². The van der Waals surface area contributed by atoms with Crippen LogP contribution in [-0.4, -0.2) is 31.8 Å². The van der Waals surface area contributed by atoms with E-state index >= 15 is 0 Å². The molecule has 1 amide bonds. The van der Waals surface area contributed by atoms with Gasteiger partial charge in [-0.05, 0) is 30.9 Å². The molecule has 0 aromatic carbocycles. The van der Waals surface area contributed by atoms with Gasteiger partial charge in [-0.2, -0.15) is 5.10 Å². The number of hydrogen-bond acceptors (Lipinski definition) is 5. The van der Waals surface area contributed by atoms with Gasteiger partial charge in [0.05, 0.1) is 16.9 Å². The predicted octanol–water partition coefficient (Wildman–Crippen LogP) is 3.03. The molecule has 0 aliphatic rings. The Kier molecular flexibility index (Phi) is 4.06. The zero-order valence-electron chi connectivity index (χ0n) is 12.3. The number of carbonyl (C=O) groups excluding carboxylic acids is 1. The number of nitrogens with one attached hydrogen (secondary N) is 2. The molecule has 22 heavy (non-hydrogen) atoms. The number of hydrogen-bond donors (Lipinski definition) is 2. The molecule has 0 saturated carbocycles. The number of aromatic amines is 1. The Hall–Kier alpha value is -2.41. The summed E-state index contributed by atoms with van der Waals surface area (Å²) in [5.41, 5.74) is 2.78. The number of fused-ring (bicyclic) bond motifs is 1. The van der Waals surface area contributed by atoms with Crippen LogP contribution in [0, 0.1) is 6.92 Å². The molecule has 3 rings (SSSR count). The highest BCUT2D eigenvalue weighted by Gasteiger charge is 2.10. The Labute approximate surface area is 131 Å². The topological polar surface area (TPSA) is 83.6 Å². The van der Waals surface area contributed by atoms with E-state index in [0.29, 0.717) is 16.9 Å². The molecule has 7 heteroatoms. The normalized spacial score (nSPS) is 10.8. The van der Waals surface area contributed by atoms with Crippen LogP contribution in [0.3, 0.4) is 0 Å². The van der Waals surface area contributed by atoms with Crippen LogP contribution in [0.25, 0.3) is 11.0 Å². The van der Waals surface area contributed by atoms with Gasteiger partial charge in [-0.3, -0.25) is 9.89 Å². The van der Waals surface area contributed by atoms with Crippen molar-refractivity contribution in [1.82, 2.24) is 20.2 Å². The first-order chi connectivity index (χ1) is 10.7. The molecular weight excluding hydrogens is 298 g/mol. The van der Waals surface area contributed by atoms with Crippen molar-refractivity contribution in [2.75, 3.05) is 11.1 Å². The molecular formula is C15H15N5OS. The second-order valence-corrected chi connectivity index (χ2v) is 6.00. The number of H-pyrrole nitrogens is 1. The Bertz CT molecular complexity index is 830. The number of rotatable bonds is 4. The fraction of sp³-hybridized carbons (Fsp3) is 0.200. The van der Waals surface area contributed by atoms with Gasteiger partial charge in [-0.25, -0.2) is 9.97 Å². The molecule has 3 aromatic heterocycles. The highest BCUT2D eigenvalue weighted by atomic mass is 32.2. The van der Waals surface area contributed by atoms with Crippen LogP contribution in [0.2, 0.25) is 0 Å². The number of carbonyl (C=O) groups is 1. The van der Waals surface area contributed by atoms with Crippen molar-refractivity contribution in [3.05, 3.63) is 41.9 Å². The van der Waals surface area contributed by atoms with Crippen molar-refractivity contribution >= 4 is 34.4 Å². The van der Waals surface area contributed by atoms with E-state index in [1.165, 1.54) is 0 Å². The third-order valence-electron chi connectivity index (χ3n) is 3.15. The van der Waals surface area contributed by atoms with Gasteiger partial charge in [0.15, 0.2) is 5.65 Å². The van der Waals surface area contributed by atoms with Gasteiger partial charge < -0.3 is 5.32 Å². The third-order valence-corrected chi connectivity index (χ3v) is 3.96. The fourth-order valence-electron chi connectivity index (χ4n) is 2.07. The van der Waals surface area contributed by atoms with Gasteiger partial charge in [0.2, 0.25) is 0 Å². The SMILES string of the molecule is CCSc1cc(C(=O)Nc2cnc3n[nH]c(C)c3c2)ccn1. The number of pyridine rings is 2. The maximum Gasteiger partial charge on any atom is 0.255 e. The van der Waals surface area contributed by atoms with E-state index in [9.17, 15) is 4.79 Å². The van der Waals surface area contributed by atoms with E-state index in [0.717, 1.165) is 21.9 Å². The van der Waals surface area contributed by atoms with Crippen molar-refractivity contribution < 1.29 is 4.79 Å². The number of amides is 1. The smallest absolute Gasteiger partial charge is 0.255 e. The van der Waals surface area contributed by atoms with Crippen molar-refractivity contribution in [2.24, 2.45) is 0 Å². The van der Waals surface area contributed by atoms with E-state index in [1.807, 2.05) is 19.9 Å². The summed E-state index contributed by atoms with van der Waals surface area (Å²) in [6, 6.07) is 5.35. The average molecular weight is 313 g/mol. The van der Waals surface area contributed by atoms with Crippen LogP contribution in [0.5, 0.6) is 0 Å². The molecule has 0 atom stereocenters. The molecule has 0 bridgehead atoms. The van der Waals surface area contributed by atoms with Crippen LogP contribution in [0.1, 0.15) is 23.0 Å². The molecule has 0 fully saturated rings. The molecule has 0 spiro atoms. The van der Waals surface area contributed by atoms with Gasteiger partial charge in [-0.15, -0.1) is 11.8 Å². The number of aryl methyl sites for hydroxylation is 1. The zero-order valence-corrected chi connectivity index (χ0v) is 13.1. The Morgan fingerprint density at radius 1 is 1.36 bits per heavy atom. The minimum atomic E-state index is -0.178. The van der Waals surface area contributed by atoms with E-state index < -0.39 is 0 Å². The number of anilines is 1. The Balaban J connectivity index is 1.83. The van der Waals surface area contributed by atoms with E-state index in [1.54, 1.807) is 36.3 Å². The molecule has 0 aliphatic carbocycles. The molecule has 0 radical (unpaired) electrons. The van der Waals surface area contributed by atoms with Crippen LogP contribution < -0.4 is 5.32 Å². The predicted molar refractivity (Wildman–Crippen MR) is 87.2 cm³/mol. The zero-order chi connectivity index (χ0) is 15.5. The third kappa shape index (κ3) is 2.94. The number of aromatic nitrogens is 4. The van der Waals surface area contributed by atoms with Crippen molar-refractivity contribution in [3.63, 3.8) is 0 Å². The highest BCUT2D eigenvalue weighted by Crippen LogP contribution is 2.19. The van der Waals surface area contributed by atoms with Gasteiger partial charge >= 0.3 is 0 Å². The van der Waals surface area contributed by atoms with Gasteiger partial charge in [0.1, 0.15) is 0 Å². The number of thioether (sulfide) groups is 1. The molecule has 0 saturated heterocycles. The largest absolute Gasteiger partial charge is 0.321 e. The lowest BCUT2D eigenvalue weighted by Gasteiger charge is -2.06. The van der Waals surface area contributed by atoms with Gasteiger partial charge in [0.25, 0.3) is 5.91 Å². The Morgan fingerprint density at radius 3 is 3.05 bits per heavy atom. The van der Waals surface area contributed by atoms with Crippen LogP contribution >= 0.6 is 11.8 Å². The summed E-state index contributed by atoms with van der Waals surface area (Å²) >= 11 is 1.60. The second-order valence-electron chi connectivity index (χ2n) is 4.71. The molecule has 112 valence electrons. The monoisotopic (exact) mass is 313 g/mol. The van der Waals surface area contributed by atoms with Crippen molar-refractivity contribution in [1.29, 1.82) is 0 Å².